The molecule has 1 aromatic rings. The van der Waals surface area contributed by atoms with Gasteiger partial charge >= 0.3 is 6.18 Å². The summed E-state index contributed by atoms with van der Waals surface area (Å²) in [5.74, 6) is -0.507. The first-order chi connectivity index (χ1) is 8.90. The van der Waals surface area contributed by atoms with Gasteiger partial charge in [-0.1, -0.05) is 6.08 Å². The molecule has 1 heterocycles. The minimum atomic E-state index is -4.29. The predicted octanol–water partition coefficient (Wildman–Crippen LogP) is 3.02. The van der Waals surface area contributed by atoms with Crippen molar-refractivity contribution in [1.29, 1.82) is 0 Å². The number of aliphatic hydroxyl groups is 1. The summed E-state index contributed by atoms with van der Waals surface area (Å²) in [7, 11) is 0. The van der Waals surface area contributed by atoms with E-state index in [1.165, 1.54) is 12.1 Å². The topological polar surface area (TPSA) is 23.5 Å². The van der Waals surface area contributed by atoms with Crippen LogP contribution in [0.2, 0.25) is 0 Å². The number of anilines is 1. The number of benzene rings is 1. The van der Waals surface area contributed by atoms with Crippen molar-refractivity contribution in [2.45, 2.75) is 19.2 Å². The van der Waals surface area contributed by atoms with Crippen molar-refractivity contribution in [3.05, 3.63) is 41.2 Å². The van der Waals surface area contributed by atoms with Gasteiger partial charge in [-0.3, -0.25) is 0 Å². The van der Waals surface area contributed by atoms with Crippen LogP contribution in [-0.2, 0) is 6.61 Å². The Bertz CT molecular complexity index is 496. The Balaban J connectivity index is 2.18. The third kappa shape index (κ3) is 3.26. The first kappa shape index (κ1) is 13.9. The molecule has 0 radical (unpaired) electrons. The van der Waals surface area contributed by atoms with Crippen LogP contribution in [0.3, 0.4) is 0 Å². The van der Waals surface area contributed by atoms with Crippen molar-refractivity contribution in [3.8, 4) is 0 Å². The Kier molecular flexibility index (Phi) is 3.80. The van der Waals surface area contributed by atoms with E-state index in [9.17, 15) is 17.6 Å². The third-order valence-electron chi connectivity index (χ3n) is 3.06. The number of aliphatic hydroxyl groups excluding tert-OH is 1. The van der Waals surface area contributed by atoms with Crippen LogP contribution >= 0.6 is 0 Å². The molecular weight excluding hydrogens is 262 g/mol. The lowest BCUT2D eigenvalue weighted by molar-refractivity contribution is -0.0943. The van der Waals surface area contributed by atoms with Gasteiger partial charge in [-0.2, -0.15) is 13.2 Å². The maximum atomic E-state index is 13.3. The molecule has 19 heavy (non-hydrogen) atoms. The van der Waals surface area contributed by atoms with Crippen molar-refractivity contribution in [3.63, 3.8) is 0 Å². The van der Waals surface area contributed by atoms with Gasteiger partial charge in [0.1, 0.15) is 5.82 Å². The molecule has 0 aliphatic carbocycles. The van der Waals surface area contributed by atoms with Crippen molar-refractivity contribution >= 4 is 5.69 Å². The van der Waals surface area contributed by atoms with E-state index in [0.717, 1.165) is 6.08 Å². The first-order valence-corrected chi connectivity index (χ1v) is 5.81. The SMILES string of the molecule is OCc1cc(F)cc(N2CC=C(C(F)(F)F)CC2)c1. The molecule has 0 bridgehead atoms. The van der Waals surface area contributed by atoms with Gasteiger partial charge in [0, 0.05) is 24.4 Å². The van der Waals surface area contributed by atoms with Gasteiger partial charge in [0.25, 0.3) is 0 Å². The minimum absolute atomic E-state index is 0.0865. The lowest BCUT2D eigenvalue weighted by atomic mass is 10.1. The third-order valence-corrected chi connectivity index (χ3v) is 3.06. The highest BCUT2D eigenvalue weighted by Crippen LogP contribution is 2.31. The van der Waals surface area contributed by atoms with Gasteiger partial charge in [0.15, 0.2) is 0 Å². The van der Waals surface area contributed by atoms with Gasteiger partial charge in [-0.15, -0.1) is 0 Å². The Hall–Kier alpha value is -1.56. The fraction of sp³-hybridized carbons (Fsp3) is 0.385. The van der Waals surface area contributed by atoms with Crippen LogP contribution < -0.4 is 4.90 Å². The number of alkyl halides is 3. The molecular formula is C13H13F4NO. The second-order valence-electron chi connectivity index (χ2n) is 4.40. The molecule has 104 valence electrons. The summed E-state index contributed by atoms with van der Waals surface area (Å²) < 4.78 is 50.7. The molecule has 2 rings (SSSR count). The maximum Gasteiger partial charge on any atom is 0.412 e. The highest BCUT2D eigenvalue weighted by molar-refractivity contribution is 5.50. The zero-order valence-electron chi connectivity index (χ0n) is 10.0. The Morgan fingerprint density at radius 3 is 2.47 bits per heavy atom. The van der Waals surface area contributed by atoms with Gasteiger partial charge in [0.05, 0.1) is 6.61 Å². The predicted molar refractivity (Wildman–Crippen MR) is 63.3 cm³/mol. The van der Waals surface area contributed by atoms with Crippen molar-refractivity contribution in [2.75, 3.05) is 18.0 Å². The zero-order valence-corrected chi connectivity index (χ0v) is 10.0. The molecule has 0 spiro atoms. The van der Waals surface area contributed by atoms with E-state index in [-0.39, 0.29) is 26.1 Å². The molecule has 0 aromatic heterocycles. The number of hydrogen-bond donors (Lipinski definition) is 1. The lowest BCUT2D eigenvalue weighted by Crippen LogP contribution is -2.31. The first-order valence-electron chi connectivity index (χ1n) is 5.81. The molecule has 0 atom stereocenters. The van der Waals surface area contributed by atoms with E-state index in [0.29, 0.717) is 11.3 Å². The van der Waals surface area contributed by atoms with E-state index >= 15 is 0 Å². The molecule has 2 nitrogen and oxygen atoms in total. The monoisotopic (exact) mass is 275 g/mol. The maximum absolute atomic E-state index is 13.3. The summed E-state index contributed by atoms with van der Waals surface area (Å²) in [6, 6.07) is 4.03. The van der Waals surface area contributed by atoms with Crippen LogP contribution in [0.1, 0.15) is 12.0 Å². The van der Waals surface area contributed by atoms with Gasteiger partial charge in [-0.25, -0.2) is 4.39 Å². The van der Waals surface area contributed by atoms with Crippen LogP contribution in [0.25, 0.3) is 0 Å². The summed E-state index contributed by atoms with van der Waals surface area (Å²) in [5.41, 5.74) is 0.352. The molecule has 0 saturated heterocycles. The normalized spacial score (nSPS) is 16.5. The Labute approximate surface area is 108 Å². The second kappa shape index (κ2) is 5.21. The zero-order chi connectivity index (χ0) is 14.0. The van der Waals surface area contributed by atoms with E-state index in [1.54, 1.807) is 11.0 Å². The number of nitrogens with zero attached hydrogens (tertiary/aromatic N) is 1. The molecule has 1 aromatic carbocycles. The van der Waals surface area contributed by atoms with Crippen LogP contribution in [0, 0.1) is 5.82 Å². The molecule has 0 saturated carbocycles. The fourth-order valence-electron chi connectivity index (χ4n) is 2.07. The number of rotatable bonds is 2. The smallest absolute Gasteiger partial charge is 0.392 e. The van der Waals surface area contributed by atoms with Gasteiger partial charge in [0.2, 0.25) is 0 Å². The average Bonchev–Trinajstić information content (AvgIpc) is 2.37. The number of hydrogen-bond acceptors (Lipinski definition) is 2. The summed E-state index contributed by atoms with van der Waals surface area (Å²) in [4.78, 5) is 1.65. The Morgan fingerprint density at radius 2 is 1.95 bits per heavy atom. The van der Waals surface area contributed by atoms with E-state index < -0.39 is 17.6 Å². The molecule has 0 amide bonds. The minimum Gasteiger partial charge on any atom is -0.392 e. The highest BCUT2D eigenvalue weighted by atomic mass is 19.4. The van der Waals surface area contributed by atoms with Crippen LogP contribution in [0.5, 0.6) is 0 Å². The van der Waals surface area contributed by atoms with Gasteiger partial charge in [-0.05, 0) is 30.2 Å². The molecule has 0 fully saturated rings. The molecule has 0 unspecified atom stereocenters. The molecule has 1 aliphatic heterocycles. The van der Waals surface area contributed by atoms with Crippen LogP contribution in [0.15, 0.2) is 29.8 Å². The fourth-order valence-corrected chi connectivity index (χ4v) is 2.07. The largest absolute Gasteiger partial charge is 0.412 e. The standard InChI is InChI=1S/C13H13F4NO/c14-11-5-9(8-19)6-12(7-11)18-3-1-10(2-4-18)13(15,16)17/h1,5-7,19H,2-4,8H2. The quantitative estimate of drug-likeness (QED) is 0.662. The lowest BCUT2D eigenvalue weighted by Gasteiger charge is -2.29. The van der Waals surface area contributed by atoms with Crippen LogP contribution in [-0.4, -0.2) is 24.4 Å². The summed E-state index contributed by atoms with van der Waals surface area (Å²) in [6.07, 6.45) is -3.29. The summed E-state index contributed by atoms with van der Waals surface area (Å²) >= 11 is 0. The average molecular weight is 275 g/mol. The number of halogens is 4. The van der Waals surface area contributed by atoms with Gasteiger partial charge < -0.3 is 10.0 Å². The highest BCUT2D eigenvalue weighted by Gasteiger charge is 2.34. The summed E-state index contributed by atoms with van der Waals surface area (Å²) in [5, 5.41) is 8.99. The van der Waals surface area contributed by atoms with Crippen molar-refractivity contribution < 1.29 is 22.7 Å². The Morgan fingerprint density at radius 1 is 1.21 bits per heavy atom. The van der Waals surface area contributed by atoms with Crippen molar-refractivity contribution in [1.82, 2.24) is 0 Å². The molecule has 1 N–H and O–H groups in total. The second-order valence-corrected chi connectivity index (χ2v) is 4.40. The van der Waals surface area contributed by atoms with E-state index in [1.807, 2.05) is 0 Å². The van der Waals surface area contributed by atoms with Crippen LogP contribution in [0.4, 0.5) is 23.2 Å². The van der Waals surface area contributed by atoms with E-state index in [4.69, 9.17) is 5.11 Å². The van der Waals surface area contributed by atoms with Crippen molar-refractivity contribution in [2.24, 2.45) is 0 Å². The molecule has 6 heteroatoms. The molecule has 1 aliphatic rings. The van der Waals surface area contributed by atoms with E-state index in [2.05, 4.69) is 0 Å². The summed E-state index contributed by atoms with van der Waals surface area (Å²) in [6.45, 7) is -0.0366.